The molecule has 1 heterocycles. The third-order valence-corrected chi connectivity index (χ3v) is 3.76. The Balaban J connectivity index is 1.87. The molecule has 1 saturated carbocycles. The van der Waals surface area contributed by atoms with Crippen molar-refractivity contribution in [3.05, 3.63) is 12.1 Å². The third-order valence-electron chi connectivity index (χ3n) is 2.76. The molecule has 20 heavy (non-hydrogen) atoms. The highest BCUT2D eigenvalue weighted by atomic mass is 32.2. The standard InChI is InChI=1S/C13H17N3O3S/c1-3-19-13(18)8(2)20-11-7-6-10(15-16-11)14-12(17)9-4-5-9/h6-9H,3-5H2,1-2H3,(H,14,15,17). The summed E-state index contributed by atoms with van der Waals surface area (Å²) < 4.78 is 4.92. The second-order valence-electron chi connectivity index (χ2n) is 4.53. The van der Waals surface area contributed by atoms with Gasteiger partial charge in [-0.05, 0) is 38.8 Å². The third kappa shape index (κ3) is 4.19. The van der Waals surface area contributed by atoms with Crippen molar-refractivity contribution < 1.29 is 14.3 Å². The Morgan fingerprint density at radius 2 is 2.20 bits per heavy atom. The molecule has 1 N–H and O–H groups in total. The Kier molecular flexibility index (Phi) is 4.94. The zero-order valence-electron chi connectivity index (χ0n) is 11.5. The van der Waals surface area contributed by atoms with Gasteiger partial charge in [0.25, 0.3) is 0 Å². The molecule has 1 unspecified atom stereocenters. The maximum Gasteiger partial charge on any atom is 0.319 e. The predicted molar refractivity (Wildman–Crippen MR) is 75.3 cm³/mol. The van der Waals surface area contributed by atoms with Crippen LogP contribution in [0.15, 0.2) is 17.2 Å². The minimum absolute atomic E-state index is 0.000375. The molecule has 0 saturated heterocycles. The van der Waals surface area contributed by atoms with E-state index < -0.39 is 0 Å². The largest absolute Gasteiger partial charge is 0.465 e. The van der Waals surface area contributed by atoms with E-state index >= 15 is 0 Å². The van der Waals surface area contributed by atoms with E-state index in [2.05, 4.69) is 15.5 Å². The first-order chi connectivity index (χ1) is 9.60. The molecule has 1 atom stereocenters. The van der Waals surface area contributed by atoms with Crippen molar-refractivity contribution in [2.24, 2.45) is 5.92 Å². The summed E-state index contributed by atoms with van der Waals surface area (Å²) in [4.78, 5) is 23.0. The van der Waals surface area contributed by atoms with E-state index in [1.165, 1.54) is 11.8 Å². The van der Waals surface area contributed by atoms with Crippen molar-refractivity contribution in [1.29, 1.82) is 0 Å². The van der Waals surface area contributed by atoms with Crippen molar-refractivity contribution in [3.63, 3.8) is 0 Å². The Morgan fingerprint density at radius 1 is 1.45 bits per heavy atom. The number of amides is 1. The van der Waals surface area contributed by atoms with Crippen LogP contribution in [0.25, 0.3) is 0 Å². The van der Waals surface area contributed by atoms with Crippen LogP contribution in [0.1, 0.15) is 26.7 Å². The Labute approximate surface area is 121 Å². The molecule has 0 spiro atoms. The molecule has 0 bridgehead atoms. The summed E-state index contributed by atoms with van der Waals surface area (Å²) in [6.45, 7) is 3.89. The second-order valence-corrected chi connectivity index (χ2v) is 5.89. The van der Waals surface area contributed by atoms with Crippen molar-refractivity contribution in [2.45, 2.75) is 37.0 Å². The van der Waals surface area contributed by atoms with E-state index in [9.17, 15) is 9.59 Å². The maximum atomic E-state index is 11.6. The van der Waals surface area contributed by atoms with E-state index in [0.29, 0.717) is 17.5 Å². The molecule has 1 aliphatic carbocycles. The van der Waals surface area contributed by atoms with Crippen LogP contribution in [0.4, 0.5) is 5.82 Å². The number of aromatic nitrogens is 2. The normalized spacial score (nSPS) is 15.5. The summed E-state index contributed by atoms with van der Waals surface area (Å²) in [5.41, 5.74) is 0. The lowest BCUT2D eigenvalue weighted by atomic mass is 10.4. The lowest BCUT2D eigenvalue weighted by Crippen LogP contribution is -2.17. The van der Waals surface area contributed by atoms with Gasteiger partial charge in [0.05, 0.1) is 6.61 Å². The number of esters is 1. The highest BCUT2D eigenvalue weighted by molar-refractivity contribution is 8.00. The quantitative estimate of drug-likeness (QED) is 0.637. The van der Waals surface area contributed by atoms with Gasteiger partial charge in [0.15, 0.2) is 5.82 Å². The first-order valence-corrected chi connectivity index (χ1v) is 7.46. The predicted octanol–water partition coefficient (Wildman–Crippen LogP) is 1.87. The zero-order chi connectivity index (χ0) is 14.5. The van der Waals surface area contributed by atoms with Gasteiger partial charge in [-0.3, -0.25) is 9.59 Å². The van der Waals surface area contributed by atoms with Gasteiger partial charge in [0.2, 0.25) is 5.91 Å². The minimum Gasteiger partial charge on any atom is -0.465 e. The van der Waals surface area contributed by atoms with Crippen LogP contribution < -0.4 is 5.32 Å². The number of rotatable bonds is 6. The van der Waals surface area contributed by atoms with Crippen LogP contribution in [0, 0.1) is 5.92 Å². The van der Waals surface area contributed by atoms with Crippen LogP contribution in [0.2, 0.25) is 0 Å². The molecule has 1 aromatic heterocycles. The smallest absolute Gasteiger partial charge is 0.319 e. The summed E-state index contributed by atoms with van der Waals surface area (Å²) in [6, 6.07) is 3.42. The van der Waals surface area contributed by atoms with Gasteiger partial charge >= 0.3 is 5.97 Å². The number of nitrogens with zero attached hydrogens (tertiary/aromatic N) is 2. The van der Waals surface area contributed by atoms with Crippen LogP contribution in [-0.4, -0.2) is 33.9 Å². The number of anilines is 1. The Hall–Kier alpha value is -1.63. The topological polar surface area (TPSA) is 81.2 Å². The van der Waals surface area contributed by atoms with Gasteiger partial charge in [-0.2, -0.15) is 0 Å². The molecular weight excluding hydrogens is 278 g/mol. The number of nitrogens with one attached hydrogen (secondary N) is 1. The monoisotopic (exact) mass is 295 g/mol. The van der Waals surface area contributed by atoms with Gasteiger partial charge in [0.1, 0.15) is 10.3 Å². The highest BCUT2D eigenvalue weighted by Crippen LogP contribution is 2.30. The Morgan fingerprint density at radius 3 is 2.75 bits per heavy atom. The van der Waals surface area contributed by atoms with Crippen LogP contribution in [0.5, 0.6) is 0 Å². The van der Waals surface area contributed by atoms with Crippen molar-refractivity contribution in [3.8, 4) is 0 Å². The van der Waals surface area contributed by atoms with Crippen LogP contribution >= 0.6 is 11.8 Å². The van der Waals surface area contributed by atoms with Gasteiger partial charge in [-0.15, -0.1) is 10.2 Å². The van der Waals surface area contributed by atoms with E-state index in [0.717, 1.165) is 12.8 Å². The number of carbonyl (C=O) groups is 2. The summed E-state index contributed by atoms with van der Waals surface area (Å²) in [5, 5.41) is 10.9. The fourth-order valence-corrected chi connectivity index (χ4v) is 2.27. The molecule has 108 valence electrons. The lowest BCUT2D eigenvalue weighted by Gasteiger charge is -2.09. The van der Waals surface area contributed by atoms with Gasteiger partial charge in [0, 0.05) is 5.92 Å². The molecule has 0 aromatic carbocycles. The summed E-state index contributed by atoms with van der Waals surface area (Å²) in [7, 11) is 0. The number of thioether (sulfide) groups is 1. The molecule has 1 amide bonds. The number of hydrogen-bond donors (Lipinski definition) is 1. The van der Waals surface area contributed by atoms with Gasteiger partial charge < -0.3 is 10.1 Å². The Bertz CT molecular complexity index is 488. The van der Waals surface area contributed by atoms with Gasteiger partial charge in [-0.1, -0.05) is 11.8 Å². The highest BCUT2D eigenvalue weighted by Gasteiger charge is 2.29. The molecule has 2 rings (SSSR count). The SMILES string of the molecule is CCOC(=O)C(C)Sc1ccc(NC(=O)C2CC2)nn1. The molecular formula is C13H17N3O3S. The number of ether oxygens (including phenoxy) is 1. The molecule has 1 aliphatic rings. The van der Waals surface area contributed by atoms with E-state index in [4.69, 9.17) is 4.74 Å². The van der Waals surface area contributed by atoms with Crippen molar-refractivity contribution >= 4 is 29.5 Å². The van der Waals surface area contributed by atoms with Crippen LogP contribution in [0.3, 0.4) is 0 Å². The second kappa shape index (κ2) is 6.69. The van der Waals surface area contributed by atoms with Crippen molar-refractivity contribution in [1.82, 2.24) is 10.2 Å². The molecule has 0 radical (unpaired) electrons. The summed E-state index contributed by atoms with van der Waals surface area (Å²) >= 11 is 1.28. The first-order valence-electron chi connectivity index (χ1n) is 6.58. The number of hydrogen-bond acceptors (Lipinski definition) is 6. The summed E-state index contributed by atoms with van der Waals surface area (Å²) in [6.07, 6.45) is 1.90. The number of carbonyl (C=O) groups excluding carboxylic acids is 2. The fraction of sp³-hybridized carbons (Fsp3) is 0.538. The first kappa shape index (κ1) is 14.8. The molecule has 1 fully saturated rings. The maximum absolute atomic E-state index is 11.6. The van der Waals surface area contributed by atoms with Gasteiger partial charge in [-0.25, -0.2) is 0 Å². The average Bonchev–Trinajstić information content (AvgIpc) is 3.25. The van der Waals surface area contributed by atoms with Crippen molar-refractivity contribution in [2.75, 3.05) is 11.9 Å². The molecule has 1 aromatic rings. The van der Waals surface area contributed by atoms with E-state index in [1.807, 2.05) is 0 Å². The zero-order valence-corrected chi connectivity index (χ0v) is 12.3. The lowest BCUT2D eigenvalue weighted by molar-refractivity contribution is -0.142. The fourth-order valence-electron chi connectivity index (χ4n) is 1.51. The minimum atomic E-state index is -0.337. The molecule has 7 heteroatoms. The average molecular weight is 295 g/mol. The summed E-state index contributed by atoms with van der Waals surface area (Å²) in [5.74, 6) is 0.301. The molecule has 0 aliphatic heterocycles. The van der Waals surface area contributed by atoms with E-state index in [1.54, 1.807) is 26.0 Å². The van der Waals surface area contributed by atoms with E-state index in [-0.39, 0.29) is 23.0 Å². The molecule has 6 nitrogen and oxygen atoms in total. The van der Waals surface area contributed by atoms with Crippen LogP contribution in [-0.2, 0) is 14.3 Å².